The number of thiazole rings is 1. The molecule has 0 spiro atoms. The first-order valence-electron chi connectivity index (χ1n) is 11.3. The maximum Gasteiger partial charge on any atom is 0.228 e. The second-order valence-electron chi connectivity index (χ2n) is 7.96. The molecule has 4 rings (SSSR count). The fourth-order valence-corrected chi connectivity index (χ4v) is 5.60. The Morgan fingerprint density at radius 2 is 2.12 bits per heavy atom. The highest BCUT2D eigenvalue weighted by molar-refractivity contribution is 7.99. The summed E-state index contributed by atoms with van der Waals surface area (Å²) < 4.78 is 12.5. The minimum atomic E-state index is 0.0897. The molecular formula is C25H30N2O3S2. The van der Waals surface area contributed by atoms with Crippen molar-refractivity contribution in [3.63, 3.8) is 0 Å². The van der Waals surface area contributed by atoms with Crippen molar-refractivity contribution < 1.29 is 14.3 Å². The standard InChI is InChI=1S/C25H30N2O3S2/c1-3-29-19-10-13-22-23(16-19)32-25(26-22)27(17-20-6-4-14-30-20)24(28)7-5-15-31-21-11-8-18(2)9-12-21/h8-13,16,20H,3-7,14-15,17H2,1-2H3. The van der Waals surface area contributed by atoms with E-state index >= 15 is 0 Å². The molecule has 5 nitrogen and oxygen atoms in total. The van der Waals surface area contributed by atoms with Gasteiger partial charge in [-0.2, -0.15) is 0 Å². The largest absolute Gasteiger partial charge is 0.494 e. The smallest absolute Gasteiger partial charge is 0.228 e. The topological polar surface area (TPSA) is 51.7 Å². The number of rotatable bonds is 10. The van der Waals surface area contributed by atoms with Crippen LogP contribution in [0.4, 0.5) is 5.13 Å². The Hall–Kier alpha value is -2.09. The van der Waals surface area contributed by atoms with E-state index in [9.17, 15) is 4.79 Å². The van der Waals surface area contributed by atoms with Gasteiger partial charge in [-0.15, -0.1) is 11.8 Å². The van der Waals surface area contributed by atoms with Crippen LogP contribution in [0.2, 0.25) is 0 Å². The number of anilines is 1. The van der Waals surface area contributed by atoms with Crippen LogP contribution in [0.25, 0.3) is 10.2 Å². The van der Waals surface area contributed by atoms with E-state index in [0.717, 1.165) is 52.7 Å². The molecule has 1 fully saturated rings. The minimum Gasteiger partial charge on any atom is -0.494 e. The lowest BCUT2D eigenvalue weighted by molar-refractivity contribution is -0.119. The van der Waals surface area contributed by atoms with Crippen molar-refractivity contribution in [3.05, 3.63) is 48.0 Å². The lowest BCUT2D eigenvalue weighted by Gasteiger charge is -2.23. The zero-order valence-corrected chi connectivity index (χ0v) is 20.3. The highest BCUT2D eigenvalue weighted by Crippen LogP contribution is 2.33. The fourth-order valence-electron chi connectivity index (χ4n) is 3.73. The molecule has 32 heavy (non-hydrogen) atoms. The van der Waals surface area contributed by atoms with Gasteiger partial charge in [0.2, 0.25) is 5.91 Å². The van der Waals surface area contributed by atoms with Gasteiger partial charge in [0.15, 0.2) is 5.13 Å². The monoisotopic (exact) mass is 470 g/mol. The molecule has 1 amide bonds. The number of ether oxygens (including phenoxy) is 2. The molecule has 1 aliphatic rings. The number of aryl methyl sites for hydroxylation is 1. The number of carbonyl (C=O) groups excluding carboxylic acids is 1. The first-order valence-corrected chi connectivity index (χ1v) is 13.1. The number of benzene rings is 2. The number of carbonyl (C=O) groups is 1. The number of hydrogen-bond acceptors (Lipinski definition) is 6. The predicted octanol–water partition coefficient (Wildman–Crippen LogP) is 6.09. The number of aromatic nitrogens is 1. The average Bonchev–Trinajstić information content (AvgIpc) is 3.45. The molecule has 1 aliphatic heterocycles. The van der Waals surface area contributed by atoms with E-state index in [2.05, 4.69) is 31.2 Å². The summed E-state index contributed by atoms with van der Waals surface area (Å²) in [4.78, 5) is 21.1. The molecular weight excluding hydrogens is 440 g/mol. The maximum atomic E-state index is 13.2. The van der Waals surface area contributed by atoms with E-state index in [1.54, 1.807) is 23.1 Å². The summed E-state index contributed by atoms with van der Waals surface area (Å²) in [5, 5.41) is 0.750. The molecule has 0 radical (unpaired) electrons. The van der Waals surface area contributed by atoms with Gasteiger partial charge in [-0.05, 0) is 69.2 Å². The number of thioether (sulfide) groups is 1. The maximum absolute atomic E-state index is 13.2. The molecule has 0 N–H and O–H groups in total. The summed E-state index contributed by atoms with van der Waals surface area (Å²) in [6.07, 6.45) is 3.47. The summed E-state index contributed by atoms with van der Waals surface area (Å²) in [5.74, 6) is 1.87. The number of hydrogen-bond donors (Lipinski definition) is 0. The van der Waals surface area contributed by atoms with Crippen LogP contribution >= 0.6 is 23.1 Å². The quantitative estimate of drug-likeness (QED) is 0.265. The van der Waals surface area contributed by atoms with E-state index in [1.807, 2.05) is 30.0 Å². The van der Waals surface area contributed by atoms with Crippen LogP contribution < -0.4 is 9.64 Å². The highest BCUT2D eigenvalue weighted by atomic mass is 32.2. The van der Waals surface area contributed by atoms with Gasteiger partial charge in [0.25, 0.3) is 0 Å². The van der Waals surface area contributed by atoms with Crippen molar-refractivity contribution in [3.8, 4) is 5.75 Å². The zero-order chi connectivity index (χ0) is 22.3. The Bertz CT molecular complexity index is 1030. The average molecular weight is 471 g/mol. The Labute approximate surface area is 198 Å². The molecule has 0 aliphatic carbocycles. The Kier molecular flexibility index (Phi) is 8.05. The minimum absolute atomic E-state index is 0.0897. The molecule has 1 saturated heterocycles. The Morgan fingerprint density at radius 1 is 1.28 bits per heavy atom. The summed E-state index contributed by atoms with van der Waals surface area (Å²) in [6, 6.07) is 14.4. The van der Waals surface area contributed by atoms with Gasteiger partial charge in [-0.25, -0.2) is 4.98 Å². The summed E-state index contributed by atoms with van der Waals surface area (Å²) in [7, 11) is 0. The van der Waals surface area contributed by atoms with Crippen molar-refractivity contribution in [1.29, 1.82) is 0 Å². The van der Waals surface area contributed by atoms with Crippen molar-refractivity contribution in [2.45, 2.75) is 50.5 Å². The number of nitrogens with zero attached hydrogens (tertiary/aromatic N) is 2. The van der Waals surface area contributed by atoms with Gasteiger partial charge in [-0.3, -0.25) is 9.69 Å². The van der Waals surface area contributed by atoms with Crippen molar-refractivity contribution >= 4 is 44.4 Å². The fraction of sp³-hybridized carbons (Fsp3) is 0.440. The molecule has 1 aromatic heterocycles. The van der Waals surface area contributed by atoms with E-state index in [1.165, 1.54) is 10.5 Å². The second-order valence-corrected chi connectivity index (χ2v) is 10.1. The van der Waals surface area contributed by atoms with Gasteiger partial charge in [0, 0.05) is 17.9 Å². The van der Waals surface area contributed by atoms with E-state index in [4.69, 9.17) is 14.5 Å². The molecule has 2 heterocycles. The van der Waals surface area contributed by atoms with Gasteiger partial charge >= 0.3 is 0 Å². The molecule has 2 aromatic carbocycles. The van der Waals surface area contributed by atoms with Crippen LogP contribution in [-0.2, 0) is 9.53 Å². The van der Waals surface area contributed by atoms with E-state index < -0.39 is 0 Å². The van der Waals surface area contributed by atoms with Crippen molar-refractivity contribution in [2.24, 2.45) is 0 Å². The normalized spacial score (nSPS) is 15.9. The highest BCUT2D eigenvalue weighted by Gasteiger charge is 2.26. The third-order valence-electron chi connectivity index (χ3n) is 5.43. The van der Waals surface area contributed by atoms with Crippen LogP contribution in [0.3, 0.4) is 0 Å². The molecule has 0 saturated carbocycles. The molecule has 1 unspecified atom stereocenters. The Balaban J connectivity index is 1.42. The van der Waals surface area contributed by atoms with Crippen LogP contribution in [0, 0.1) is 6.92 Å². The predicted molar refractivity (Wildman–Crippen MR) is 133 cm³/mol. The van der Waals surface area contributed by atoms with Crippen molar-refractivity contribution in [2.75, 3.05) is 30.4 Å². The van der Waals surface area contributed by atoms with Crippen molar-refractivity contribution in [1.82, 2.24) is 4.98 Å². The third-order valence-corrected chi connectivity index (χ3v) is 7.57. The zero-order valence-electron chi connectivity index (χ0n) is 18.7. The molecule has 1 atom stereocenters. The lowest BCUT2D eigenvalue weighted by Crippen LogP contribution is -2.37. The second kappa shape index (κ2) is 11.2. The first kappa shape index (κ1) is 23.1. The molecule has 170 valence electrons. The Morgan fingerprint density at radius 3 is 2.88 bits per heavy atom. The van der Waals surface area contributed by atoms with Crippen LogP contribution in [0.15, 0.2) is 47.4 Å². The molecule has 7 heteroatoms. The van der Waals surface area contributed by atoms with Gasteiger partial charge < -0.3 is 9.47 Å². The van der Waals surface area contributed by atoms with Crippen LogP contribution in [-0.4, -0.2) is 42.5 Å². The summed E-state index contributed by atoms with van der Waals surface area (Å²) in [6.45, 7) is 6.04. The van der Waals surface area contributed by atoms with Gasteiger partial charge in [0.1, 0.15) is 5.75 Å². The van der Waals surface area contributed by atoms with Crippen LogP contribution in [0.1, 0.15) is 38.2 Å². The molecule has 3 aromatic rings. The third kappa shape index (κ3) is 6.03. The number of amides is 1. The van der Waals surface area contributed by atoms with E-state index in [0.29, 0.717) is 19.6 Å². The first-order chi connectivity index (χ1) is 15.6. The SMILES string of the molecule is CCOc1ccc2nc(N(CC3CCCO3)C(=O)CCCSc3ccc(C)cc3)sc2c1. The van der Waals surface area contributed by atoms with Gasteiger partial charge in [-0.1, -0.05) is 29.0 Å². The molecule has 0 bridgehead atoms. The summed E-state index contributed by atoms with van der Waals surface area (Å²) >= 11 is 3.35. The van der Waals surface area contributed by atoms with E-state index in [-0.39, 0.29) is 12.0 Å². The number of fused-ring (bicyclic) bond motifs is 1. The summed E-state index contributed by atoms with van der Waals surface area (Å²) in [5.41, 5.74) is 2.16. The van der Waals surface area contributed by atoms with Crippen LogP contribution in [0.5, 0.6) is 5.75 Å². The van der Waals surface area contributed by atoms with Gasteiger partial charge in [0.05, 0.1) is 29.5 Å². The lowest BCUT2D eigenvalue weighted by atomic mass is 10.2.